The monoisotopic (exact) mass is 326 g/mol. The number of benzene rings is 1. The van der Waals surface area contributed by atoms with Gasteiger partial charge < -0.3 is 14.5 Å². The molecule has 2 aromatic heterocycles. The number of hydrogen-bond donors (Lipinski definition) is 2. The van der Waals surface area contributed by atoms with Gasteiger partial charge in [0, 0.05) is 0 Å². The fourth-order valence-corrected chi connectivity index (χ4v) is 2.30. The maximum absolute atomic E-state index is 12.1. The molecule has 1 unspecified atom stereocenters. The summed E-state index contributed by atoms with van der Waals surface area (Å²) < 4.78 is 10.4. The summed E-state index contributed by atoms with van der Waals surface area (Å²) in [5.41, 5.74) is 1.07. The first-order chi connectivity index (χ1) is 11.7. The van der Waals surface area contributed by atoms with Gasteiger partial charge in [0.05, 0.1) is 25.8 Å². The molecule has 0 fully saturated rings. The molecule has 7 nitrogen and oxygen atoms in total. The number of nitrogens with one attached hydrogen (secondary N) is 2. The number of H-pyrrole nitrogens is 1. The first-order valence-corrected chi connectivity index (χ1v) is 7.54. The van der Waals surface area contributed by atoms with E-state index in [1.807, 2.05) is 31.2 Å². The molecular formula is C17H18N4O3. The van der Waals surface area contributed by atoms with Crippen LogP contribution in [0.25, 0.3) is 0 Å². The van der Waals surface area contributed by atoms with Crippen molar-refractivity contribution >= 4 is 5.95 Å². The second-order valence-electron chi connectivity index (χ2n) is 5.34. The number of hydrogen-bond acceptors (Lipinski definition) is 6. The van der Waals surface area contributed by atoms with E-state index < -0.39 is 0 Å². The zero-order chi connectivity index (χ0) is 16.9. The predicted molar refractivity (Wildman–Crippen MR) is 89.2 cm³/mol. The third-order valence-electron chi connectivity index (χ3n) is 3.66. The van der Waals surface area contributed by atoms with Crippen molar-refractivity contribution in [2.75, 3.05) is 12.4 Å². The Balaban J connectivity index is 1.70. The molecule has 0 amide bonds. The molecule has 0 bridgehead atoms. The Morgan fingerprint density at radius 2 is 2.04 bits per heavy atom. The van der Waals surface area contributed by atoms with Crippen molar-refractivity contribution in [1.82, 2.24) is 15.2 Å². The summed E-state index contributed by atoms with van der Waals surface area (Å²) in [5, 5.41) is 11.2. The zero-order valence-corrected chi connectivity index (χ0v) is 13.4. The largest absolute Gasteiger partial charge is 0.497 e. The molecule has 0 saturated carbocycles. The van der Waals surface area contributed by atoms with Gasteiger partial charge in [0.2, 0.25) is 5.95 Å². The summed E-state index contributed by atoms with van der Waals surface area (Å²) in [6.07, 6.45) is 1.87. The van der Waals surface area contributed by atoms with Crippen LogP contribution in [0.3, 0.4) is 0 Å². The van der Waals surface area contributed by atoms with Crippen LogP contribution in [0.2, 0.25) is 0 Å². The Morgan fingerprint density at radius 1 is 1.25 bits per heavy atom. The van der Waals surface area contributed by atoms with E-state index in [4.69, 9.17) is 9.15 Å². The predicted octanol–water partition coefficient (Wildman–Crippen LogP) is 2.53. The van der Waals surface area contributed by atoms with Crippen molar-refractivity contribution in [2.24, 2.45) is 0 Å². The van der Waals surface area contributed by atoms with E-state index in [0.29, 0.717) is 23.8 Å². The van der Waals surface area contributed by atoms with Gasteiger partial charge in [-0.25, -0.2) is 0 Å². The summed E-state index contributed by atoms with van der Waals surface area (Å²) in [4.78, 5) is 14.8. The molecule has 0 radical (unpaired) electrons. The number of aromatic nitrogens is 3. The third-order valence-corrected chi connectivity index (χ3v) is 3.66. The van der Waals surface area contributed by atoms with E-state index >= 15 is 0 Å². The van der Waals surface area contributed by atoms with Gasteiger partial charge in [-0.2, -0.15) is 0 Å². The number of nitrogens with zero attached hydrogens (tertiary/aromatic N) is 2. The minimum Gasteiger partial charge on any atom is -0.497 e. The molecule has 124 valence electrons. The van der Waals surface area contributed by atoms with E-state index in [9.17, 15) is 4.79 Å². The molecule has 0 aliphatic heterocycles. The average Bonchev–Trinajstić information content (AvgIpc) is 3.10. The lowest BCUT2D eigenvalue weighted by molar-refractivity contribution is 0.414. The molecule has 1 aromatic carbocycles. The van der Waals surface area contributed by atoms with Crippen LogP contribution in [0, 0.1) is 0 Å². The Labute approximate surface area is 138 Å². The summed E-state index contributed by atoms with van der Waals surface area (Å²) in [5.74, 6) is 1.79. The van der Waals surface area contributed by atoms with Gasteiger partial charge in [-0.15, -0.1) is 10.2 Å². The first-order valence-electron chi connectivity index (χ1n) is 7.54. The molecule has 7 heteroatoms. The van der Waals surface area contributed by atoms with Crippen LogP contribution in [0.4, 0.5) is 5.95 Å². The highest BCUT2D eigenvalue weighted by atomic mass is 16.5. The van der Waals surface area contributed by atoms with Crippen LogP contribution in [-0.4, -0.2) is 22.3 Å². The number of rotatable bonds is 6. The fourth-order valence-electron chi connectivity index (χ4n) is 2.30. The van der Waals surface area contributed by atoms with Crippen molar-refractivity contribution in [1.29, 1.82) is 0 Å². The lowest BCUT2D eigenvalue weighted by Gasteiger charge is -2.14. The van der Waals surface area contributed by atoms with E-state index in [-0.39, 0.29) is 11.6 Å². The Hall–Kier alpha value is -3.09. The zero-order valence-electron chi connectivity index (χ0n) is 13.4. The summed E-state index contributed by atoms with van der Waals surface area (Å²) in [7, 11) is 1.63. The van der Waals surface area contributed by atoms with E-state index in [0.717, 1.165) is 11.3 Å². The quantitative estimate of drug-likeness (QED) is 0.723. The third kappa shape index (κ3) is 3.62. The average molecular weight is 326 g/mol. The SMILES string of the molecule is COc1ccc(C(C)Nc2nnc(Cc3ccco3)c(=O)[nH]2)cc1. The van der Waals surface area contributed by atoms with Crippen LogP contribution in [0.5, 0.6) is 5.75 Å². The normalized spacial score (nSPS) is 11.9. The molecule has 2 heterocycles. The molecule has 0 aliphatic rings. The van der Waals surface area contributed by atoms with Gasteiger partial charge in [-0.3, -0.25) is 9.78 Å². The summed E-state index contributed by atoms with van der Waals surface area (Å²) in [6, 6.07) is 11.2. The number of methoxy groups -OCH3 is 1. The molecule has 24 heavy (non-hydrogen) atoms. The highest BCUT2D eigenvalue weighted by molar-refractivity contribution is 5.34. The molecule has 0 aliphatic carbocycles. The van der Waals surface area contributed by atoms with Crippen LogP contribution >= 0.6 is 0 Å². The molecule has 2 N–H and O–H groups in total. The summed E-state index contributed by atoms with van der Waals surface area (Å²) in [6.45, 7) is 1.97. The molecule has 0 saturated heterocycles. The lowest BCUT2D eigenvalue weighted by Crippen LogP contribution is -2.20. The second kappa shape index (κ2) is 6.99. The number of anilines is 1. The van der Waals surface area contributed by atoms with E-state index in [1.54, 1.807) is 25.5 Å². The van der Waals surface area contributed by atoms with Gasteiger partial charge in [0.25, 0.3) is 5.56 Å². The smallest absolute Gasteiger partial charge is 0.274 e. The minimum atomic E-state index is -0.286. The fraction of sp³-hybridized carbons (Fsp3) is 0.235. The maximum Gasteiger partial charge on any atom is 0.274 e. The van der Waals surface area contributed by atoms with Crippen LogP contribution in [-0.2, 0) is 6.42 Å². The van der Waals surface area contributed by atoms with Gasteiger partial charge >= 0.3 is 0 Å². The van der Waals surface area contributed by atoms with Crippen molar-refractivity contribution in [3.63, 3.8) is 0 Å². The molecule has 3 aromatic rings. The van der Waals surface area contributed by atoms with E-state index in [1.165, 1.54) is 0 Å². The van der Waals surface area contributed by atoms with Crippen molar-refractivity contribution in [2.45, 2.75) is 19.4 Å². The van der Waals surface area contributed by atoms with Crippen molar-refractivity contribution in [3.8, 4) is 5.75 Å². The van der Waals surface area contributed by atoms with Gasteiger partial charge in [-0.05, 0) is 36.8 Å². The summed E-state index contributed by atoms with van der Waals surface area (Å²) >= 11 is 0. The van der Waals surface area contributed by atoms with Gasteiger partial charge in [0.1, 0.15) is 17.2 Å². The topological polar surface area (TPSA) is 93.0 Å². The Kier molecular flexibility index (Phi) is 4.60. The minimum absolute atomic E-state index is 0.0446. The van der Waals surface area contributed by atoms with Crippen LogP contribution < -0.4 is 15.6 Å². The highest BCUT2D eigenvalue weighted by Gasteiger charge is 2.10. The Bertz CT molecular complexity index is 841. The van der Waals surface area contributed by atoms with Crippen LogP contribution in [0.1, 0.15) is 30.0 Å². The first kappa shape index (κ1) is 15.8. The molecular weight excluding hydrogens is 308 g/mol. The van der Waals surface area contributed by atoms with Crippen LogP contribution in [0.15, 0.2) is 51.9 Å². The van der Waals surface area contributed by atoms with Gasteiger partial charge in [0.15, 0.2) is 0 Å². The van der Waals surface area contributed by atoms with E-state index in [2.05, 4.69) is 20.5 Å². The molecule has 0 spiro atoms. The van der Waals surface area contributed by atoms with Gasteiger partial charge in [-0.1, -0.05) is 12.1 Å². The van der Waals surface area contributed by atoms with Crippen molar-refractivity contribution in [3.05, 3.63) is 70.0 Å². The number of furan rings is 1. The highest BCUT2D eigenvalue weighted by Crippen LogP contribution is 2.19. The number of aromatic amines is 1. The lowest BCUT2D eigenvalue weighted by atomic mass is 10.1. The van der Waals surface area contributed by atoms with Crippen molar-refractivity contribution < 1.29 is 9.15 Å². The molecule has 3 rings (SSSR count). The second-order valence-corrected chi connectivity index (χ2v) is 5.34. The maximum atomic E-state index is 12.1. The standard InChI is InChI=1S/C17H18N4O3/c1-11(12-5-7-13(23-2)8-6-12)18-17-19-16(22)15(20-21-17)10-14-4-3-9-24-14/h3-9,11H,10H2,1-2H3,(H2,18,19,21,22). The number of ether oxygens (including phenoxy) is 1. The Morgan fingerprint density at radius 3 is 2.67 bits per heavy atom. The molecule has 1 atom stereocenters.